The molecule has 0 aliphatic rings. The van der Waals surface area contributed by atoms with E-state index in [2.05, 4.69) is 15.3 Å². The summed E-state index contributed by atoms with van der Waals surface area (Å²) in [4.78, 5) is 34.1. The van der Waals surface area contributed by atoms with Crippen molar-refractivity contribution in [1.82, 2.24) is 20.2 Å². The second kappa shape index (κ2) is 12.8. The molecule has 2 amide bonds. The van der Waals surface area contributed by atoms with Gasteiger partial charge in [0.05, 0.1) is 11.1 Å². The summed E-state index contributed by atoms with van der Waals surface area (Å²) in [6, 6.07) is 1.03. The lowest BCUT2D eigenvalue weighted by atomic mass is 10.0. The van der Waals surface area contributed by atoms with Crippen molar-refractivity contribution in [1.29, 1.82) is 0 Å². The van der Waals surface area contributed by atoms with Crippen molar-refractivity contribution in [2.24, 2.45) is 0 Å². The number of benzene rings is 1. The number of rotatable bonds is 8. The minimum absolute atomic E-state index is 0.0108. The number of amides is 2. The molecule has 1 aromatic carbocycles. The number of hydrogen-bond acceptors (Lipinski definition) is 6. The first kappa shape index (κ1) is 32.8. The van der Waals surface area contributed by atoms with Gasteiger partial charge >= 0.3 is 18.4 Å². The van der Waals surface area contributed by atoms with Gasteiger partial charge in [-0.05, 0) is 57.2 Å². The van der Waals surface area contributed by atoms with Crippen molar-refractivity contribution >= 4 is 47.0 Å². The fraction of sp³-hybridized carbons (Fsp3) is 0.478. The van der Waals surface area contributed by atoms with Crippen LogP contribution in [0.3, 0.4) is 0 Å². The molecule has 1 aromatic heterocycles. The Kier molecular flexibility index (Phi) is 10.8. The highest BCUT2D eigenvalue weighted by Crippen LogP contribution is 2.37. The number of halogens is 8. The van der Waals surface area contributed by atoms with Crippen molar-refractivity contribution in [2.75, 3.05) is 19.3 Å². The minimum atomic E-state index is -5.07. The first-order chi connectivity index (χ1) is 17.8. The Morgan fingerprint density at radius 2 is 1.49 bits per heavy atom. The van der Waals surface area contributed by atoms with Crippen LogP contribution >= 0.6 is 35.0 Å². The highest BCUT2D eigenvalue weighted by molar-refractivity contribution is 7.98. The van der Waals surface area contributed by atoms with Crippen LogP contribution in [0.4, 0.5) is 31.1 Å². The van der Waals surface area contributed by atoms with Gasteiger partial charge in [0.2, 0.25) is 0 Å². The molecular weight excluding hydrogens is 597 g/mol. The quantitative estimate of drug-likeness (QED) is 0.111. The third-order valence-corrected chi connectivity index (χ3v) is 5.87. The van der Waals surface area contributed by atoms with Crippen molar-refractivity contribution in [2.45, 2.75) is 56.8 Å². The standard InChI is InChI=1S/C23H24Cl2F6N4O3S/c1-21(2,3)38-20(37)32-6-5-7-35(18(36)15-16(24)33-19(39-4)34-17(15)25)11-12-8-13(22(26,27)28)10-14(9-12)23(29,30)31/h8-10H,5-7,11H2,1-4H3,(H,32,37). The average Bonchev–Trinajstić information content (AvgIpc) is 2.77. The van der Waals surface area contributed by atoms with Crippen molar-refractivity contribution in [3.8, 4) is 0 Å². The summed E-state index contributed by atoms with van der Waals surface area (Å²) in [6.45, 7) is 4.02. The van der Waals surface area contributed by atoms with Crippen molar-refractivity contribution < 1.29 is 40.7 Å². The van der Waals surface area contributed by atoms with Gasteiger partial charge in [-0.15, -0.1) is 0 Å². The van der Waals surface area contributed by atoms with Gasteiger partial charge in [0.1, 0.15) is 21.5 Å². The number of hydrogen-bond donors (Lipinski definition) is 1. The molecule has 1 heterocycles. The molecule has 0 unspecified atom stereocenters. The van der Waals surface area contributed by atoms with Crippen LogP contribution in [0.1, 0.15) is 54.2 Å². The van der Waals surface area contributed by atoms with Crippen LogP contribution in [0.2, 0.25) is 10.3 Å². The maximum Gasteiger partial charge on any atom is 0.416 e. The Morgan fingerprint density at radius 3 is 1.92 bits per heavy atom. The van der Waals surface area contributed by atoms with Gasteiger partial charge in [0, 0.05) is 19.6 Å². The monoisotopic (exact) mass is 620 g/mol. The SMILES string of the molecule is CSc1nc(Cl)c(C(=O)N(CCCNC(=O)OC(C)(C)C)Cc2cc(C(F)(F)F)cc(C(F)(F)F)c2)c(Cl)n1. The van der Waals surface area contributed by atoms with Gasteiger partial charge in [0.15, 0.2) is 5.16 Å². The van der Waals surface area contributed by atoms with E-state index in [-0.39, 0.29) is 46.6 Å². The largest absolute Gasteiger partial charge is 0.444 e. The molecule has 0 aliphatic carbocycles. The molecule has 0 spiro atoms. The highest BCUT2D eigenvalue weighted by atomic mass is 35.5. The number of nitrogens with one attached hydrogen (secondary N) is 1. The van der Waals surface area contributed by atoms with Gasteiger partial charge in [-0.1, -0.05) is 35.0 Å². The third kappa shape index (κ3) is 9.91. The van der Waals surface area contributed by atoms with E-state index in [0.717, 1.165) is 16.7 Å². The Balaban J connectivity index is 2.41. The lowest BCUT2D eigenvalue weighted by Gasteiger charge is -2.25. The molecule has 7 nitrogen and oxygen atoms in total. The van der Waals surface area contributed by atoms with E-state index < -0.39 is 53.2 Å². The number of alkyl carbamates (subject to hydrolysis) is 1. The topological polar surface area (TPSA) is 84.4 Å². The van der Waals surface area contributed by atoms with E-state index in [1.165, 1.54) is 0 Å². The molecule has 2 rings (SSSR count). The molecular formula is C23H24Cl2F6N4O3S. The lowest BCUT2D eigenvalue weighted by molar-refractivity contribution is -0.143. The molecule has 216 valence electrons. The predicted octanol–water partition coefficient (Wildman–Crippen LogP) is 7.10. The third-order valence-electron chi connectivity index (χ3n) is 4.78. The Hall–Kier alpha value is -2.45. The van der Waals surface area contributed by atoms with Gasteiger partial charge in [-0.3, -0.25) is 4.79 Å². The molecule has 0 radical (unpaired) electrons. The summed E-state index contributed by atoms with van der Waals surface area (Å²) in [6.07, 6.45) is -9.22. The lowest BCUT2D eigenvalue weighted by Crippen LogP contribution is -2.36. The molecule has 0 aliphatic heterocycles. The predicted molar refractivity (Wildman–Crippen MR) is 134 cm³/mol. The Morgan fingerprint density at radius 1 is 0.974 bits per heavy atom. The number of nitrogens with zero attached hydrogens (tertiary/aromatic N) is 3. The number of carbonyl (C=O) groups is 2. The number of thioether (sulfide) groups is 1. The fourth-order valence-electron chi connectivity index (χ4n) is 3.17. The molecule has 0 fully saturated rings. The zero-order chi connectivity index (χ0) is 29.8. The van der Waals surface area contributed by atoms with E-state index >= 15 is 0 Å². The molecule has 0 saturated carbocycles. The maximum absolute atomic E-state index is 13.4. The molecule has 2 aromatic rings. The van der Waals surface area contributed by atoms with Crippen LogP contribution in [0.25, 0.3) is 0 Å². The number of ether oxygens (including phenoxy) is 1. The van der Waals surface area contributed by atoms with E-state index in [4.69, 9.17) is 27.9 Å². The first-order valence-corrected chi connectivity index (χ1v) is 13.1. The van der Waals surface area contributed by atoms with E-state index in [1.54, 1.807) is 27.0 Å². The zero-order valence-corrected chi connectivity index (χ0v) is 23.4. The van der Waals surface area contributed by atoms with E-state index in [1.807, 2.05) is 0 Å². The first-order valence-electron chi connectivity index (χ1n) is 11.1. The highest BCUT2D eigenvalue weighted by Gasteiger charge is 2.37. The summed E-state index contributed by atoms with van der Waals surface area (Å²) in [7, 11) is 0. The normalized spacial score (nSPS) is 12.3. The summed E-state index contributed by atoms with van der Waals surface area (Å²) < 4.78 is 85.3. The van der Waals surface area contributed by atoms with Gasteiger partial charge in [-0.2, -0.15) is 26.3 Å². The summed E-state index contributed by atoms with van der Waals surface area (Å²) in [5.74, 6) is -0.930. The maximum atomic E-state index is 13.4. The molecule has 0 atom stereocenters. The molecule has 0 bridgehead atoms. The summed E-state index contributed by atoms with van der Waals surface area (Å²) in [5.41, 5.74) is -4.66. The second-order valence-electron chi connectivity index (χ2n) is 9.09. The van der Waals surface area contributed by atoms with E-state index in [0.29, 0.717) is 12.1 Å². The van der Waals surface area contributed by atoms with E-state index in [9.17, 15) is 35.9 Å². The molecule has 39 heavy (non-hydrogen) atoms. The Bertz CT molecular complexity index is 1150. The van der Waals surface area contributed by atoms with Gasteiger partial charge in [-0.25, -0.2) is 14.8 Å². The van der Waals surface area contributed by atoms with Crippen molar-refractivity contribution in [3.05, 3.63) is 50.8 Å². The van der Waals surface area contributed by atoms with Crippen LogP contribution in [0.5, 0.6) is 0 Å². The van der Waals surface area contributed by atoms with Crippen LogP contribution in [0, 0.1) is 0 Å². The second-order valence-corrected chi connectivity index (χ2v) is 10.6. The number of alkyl halides is 6. The molecule has 0 saturated heterocycles. The fourth-order valence-corrected chi connectivity index (χ4v) is 4.19. The van der Waals surface area contributed by atoms with Gasteiger partial charge < -0.3 is 15.0 Å². The van der Waals surface area contributed by atoms with Gasteiger partial charge in [0.25, 0.3) is 5.91 Å². The van der Waals surface area contributed by atoms with Crippen LogP contribution in [0.15, 0.2) is 23.4 Å². The minimum Gasteiger partial charge on any atom is -0.444 e. The summed E-state index contributed by atoms with van der Waals surface area (Å²) in [5, 5.41) is 1.91. The van der Waals surface area contributed by atoms with Crippen LogP contribution in [-0.2, 0) is 23.6 Å². The molecule has 1 N–H and O–H groups in total. The van der Waals surface area contributed by atoms with Crippen LogP contribution in [-0.4, -0.2) is 51.8 Å². The van der Waals surface area contributed by atoms with Crippen molar-refractivity contribution in [3.63, 3.8) is 0 Å². The number of carbonyl (C=O) groups excluding carboxylic acids is 2. The zero-order valence-electron chi connectivity index (χ0n) is 21.1. The Labute approximate surface area is 234 Å². The smallest absolute Gasteiger partial charge is 0.416 e. The number of aromatic nitrogens is 2. The summed E-state index contributed by atoms with van der Waals surface area (Å²) >= 11 is 13.3. The molecule has 16 heteroatoms. The average molecular weight is 621 g/mol. The van der Waals surface area contributed by atoms with Crippen LogP contribution < -0.4 is 5.32 Å².